The van der Waals surface area contributed by atoms with Crippen molar-refractivity contribution >= 4 is 31.9 Å². The van der Waals surface area contributed by atoms with Gasteiger partial charge in [-0.15, -0.1) is 0 Å². The van der Waals surface area contributed by atoms with Crippen LogP contribution >= 0.6 is 15.9 Å². The number of benzene rings is 1. The number of carbonyl (C=O) groups excluding carboxylic acids is 1. The first-order valence-corrected chi connectivity index (χ1v) is 9.80. The van der Waals surface area contributed by atoms with E-state index in [1.54, 1.807) is 18.2 Å². The fourth-order valence-electron chi connectivity index (χ4n) is 2.60. The van der Waals surface area contributed by atoms with Crippen LogP contribution in [0.1, 0.15) is 38.5 Å². The number of nitrogens with one attached hydrogen (secondary N) is 2. The Balaban J connectivity index is 1.88. The van der Waals surface area contributed by atoms with Crippen LogP contribution in [0.3, 0.4) is 0 Å². The van der Waals surface area contributed by atoms with Gasteiger partial charge in [0.05, 0.1) is 11.4 Å². The van der Waals surface area contributed by atoms with Crippen LogP contribution in [0.2, 0.25) is 0 Å². The summed E-state index contributed by atoms with van der Waals surface area (Å²) in [5.74, 6) is -0.275. The summed E-state index contributed by atoms with van der Waals surface area (Å²) in [7, 11) is -3.69. The van der Waals surface area contributed by atoms with Gasteiger partial charge in [-0.05, 0) is 40.9 Å². The maximum Gasteiger partial charge on any atom is 0.242 e. The number of sulfonamides is 1. The first kappa shape index (κ1) is 17.4. The standard InChI is InChI=1S/C15H21BrN2O3S/c16-13-9-5-6-10-14(13)22(20,21)17-11-15(19)18-12-7-3-1-2-4-8-12/h5-6,9-10,12,17H,1-4,7-8,11H2,(H,18,19). The summed E-state index contributed by atoms with van der Waals surface area (Å²) in [5.41, 5.74) is 0. The van der Waals surface area contributed by atoms with Crippen LogP contribution in [0.4, 0.5) is 0 Å². The molecule has 0 unspecified atom stereocenters. The van der Waals surface area contributed by atoms with Crippen LogP contribution in [0.15, 0.2) is 33.6 Å². The highest BCUT2D eigenvalue weighted by Crippen LogP contribution is 2.20. The zero-order chi connectivity index (χ0) is 16.0. The van der Waals surface area contributed by atoms with Crippen molar-refractivity contribution in [1.29, 1.82) is 0 Å². The molecule has 1 aliphatic carbocycles. The van der Waals surface area contributed by atoms with Crippen molar-refractivity contribution in [3.05, 3.63) is 28.7 Å². The molecule has 0 radical (unpaired) electrons. The van der Waals surface area contributed by atoms with Gasteiger partial charge in [0, 0.05) is 10.5 Å². The molecule has 0 spiro atoms. The van der Waals surface area contributed by atoms with Gasteiger partial charge >= 0.3 is 0 Å². The van der Waals surface area contributed by atoms with Crippen LogP contribution in [-0.2, 0) is 14.8 Å². The summed E-state index contributed by atoms with van der Waals surface area (Å²) in [5, 5.41) is 2.92. The molecule has 7 heteroatoms. The number of hydrogen-bond acceptors (Lipinski definition) is 3. The fourth-order valence-corrected chi connectivity index (χ4v) is 4.59. The monoisotopic (exact) mass is 388 g/mol. The highest BCUT2D eigenvalue weighted by atomic mass is 79.9. The largest absolute Gasteiger partial charge is 0.352 e. The maximum absolute atomic E-state index is 12.2. The predicted molar refractivity (Wildman–Crippen MR) is 89.0 cm³/mol. The van der Waals surface area contributed by atoms with Crippen LogP contribution < -0.4 is 10.0 Å². The summed E-state index contributed by atoms with van der Waals surface area (Å²) >= 11 is 3.21. The van der Waals surface area contributed by atoms with Crippen molar-refractivity contribution in [3.63, 3.8) is 0 Å². The molecule has 1 aromatic rings. The lowest BCUT2D eigenvalue weighted by Gasteiger charge is -2.16. The Morgan fingerprint density at radius 3 is 2.41 bits per heavy atom. The van der Waals surface area contributed by atoms with Crippen LogP contribution in [0, 0.1) is 0 Å². The molecule has 122 valence electrons. The smallest absolute Gasteiger partial charge is 0.242 e. The highest BCUT2D eigenvalue weighted by Gasteiger charge is 2.19. The molecule has 2 N–H and O–H groups in total. The number of amides is 1. The molecule has 0 aliphatic heterocycles. The molecule has 0 saturated heterocycles. The molecule has 0 aromatic heterocycles. The summed E-state index contributed by atoms with van der Waals surface area (Å²) in [6.07, 6.45) is 6.61. The zero-order valence-electron chi connectivity index (χ0n) is 12.3. The molecule has 22 heavy (non-hydrogen) atoms. The molecule has 2 rings (SSSR count). The van der Waals surface area contributed by atoms with E-state index >= 15 is 0 Å². The summed E-state index contributed by atoms with van der Waals surface area (Å²) in [6.45, 7) is -0.236. The number of rotatable bonds is 5. The Labute approximate surface area is 140 Å². The third kappa shape index (κ3) is 5.07. The van der Waals surface area contributed by atoms with Gasteiger partial charge in [0.25, 0.3) is 0 Å². The summed E-state index contributed by atoms with van der Waals surface area (Å²) in [6, 6.07) is 6.70. The summed E-state index contributed by atoms with van der Waals surface area (Å²) in [4.78, 5) is 12.1. The van der Waals surface area contributed by atoms with Gasteiger partial charge in [-0.2, -0.15) is 0 Å². The topological polar surface area (TPSA) is 75.3 Å². The van der Waals surface area contributed by atoms with E-state index in [-0.39, 0.29) is 23.4 Å². The van der Waals surface area contributed by atoms with Crippen LogP contribution in [0.25, 0.3) is 0 Å². The minimum Gasteiger partial charge on any atom is -0.352 e. The maximum atomic E-state index is 12.2. The van der Waals surface area contributed by atoms with Crippen LogP contribution in [-0.4, -0.2) is 26.9 Å². The molecule has 1 saturated carbocycles. The number of hydrogen-bond donors (Lipinski definition) is 2. The average Bonchev–Trinajstić information content (AvgIpc) is 2.74. The zero-order valence-corrected chi connectivity index (χ0v) is 14.7. The molecule has 0 bridgehead atoms. The third-order valence-corrected chi connectivity index (χ3v) is 6.18. The Kier molecular flexibility index (Phi) is 6.40. The molecule has 1 amide bonds. The van der Waals surface area contributed by atoms with Gasteiger partial charge in [0.1, 0.15) is 0 Å². The SMILES string of the molecule is O=C(CNS(=O)(=O)c1ccccc1Br)NC1CCCCCC1. The molecule has 5 nitrogen and oxygen atoms in total. The Morgan fingerprint density at radius 1 is 1.14 bits per heavy atom. The van der Waals surface area contributed by atoms with E-state index in [0.29, 0.717) is 4.47 Å². The van der Waals surface area contributed by atoms with Gasteiger partial charge in [-0.1, -0.05) is 37.8 Å². The molecule has 1 aliphatic rings. The van der Waals surface area contributed by atoms with E-state index in [2.05, 4.69) is 26.0 Å². The van der Waals surface area contributed by atoms with E-state index in [4.69, 9.17) is 0 Å². The minimum absolute atomic E-state index is 0.136. The van der Waals surface area contributed by atoms with Gasteiger partial charge in [0.2, 0.25) is 15.9 Å². The Bertz CT molecular complexity index is 611. The average molecular weight is 389 g/mol. The van der Waals surface area contributed by atoms with Gasteiger partial charge < -0.3 is 5.32 Å². The molecular formula is C15H21BrN2O3S. The second-order valence-corrected chi connectivity index (χ2v) is 8.10. The lowest BCUT2D eigenvalue weighted by atomic mass is 10.1. The van der Waals surface area contributed by atoms with Gasteiger partial charge in [-0.25, -0.2) is 13.1 Å². The van der Waals surface area contributed by atoms with E-state index in [0.717, 1.165) is 25.7 Å². The van der Waals surface area contributed by atoms with Gasteiger partial charge in [-0.3, -0.25) is 4.79 Å². The molecular weight excluding hydrogens is 368 g/mol. The highest BCUT2D eigenvalue weighted by molar-refractivity contribution is 9.10. The quantitative estimate of drug-likeness (QED) is 0.761. The fraction of sp³-hybridized carbons (Fsp3) is 0.533. The molecule has 1 fully saturated rings. The second-order valence-electron chi connectivity index (χ2n) is 5.51. The normalized spacial score (nSPS) is 17.0. The lowest BCUT2D eigenvalue weighted by molar-refractivity contribution is -0.120. The van der Waals surface area contributed by atoms with Gasteiger partial charge in [0.15, 0.2) is 0 Å². The van der Waals surface area contributed by atoms with E-state index in [9.17, 15) is 13.2 Å². The Morgan fingerprint density at radius 2 is 1.77 bits per heavy atom. The third-order valence-electron chi connectivity index (χ3n) is 3.77. The number of carbonyl (C=O) groups is 1. The van der Waals surface area contributed by atoms with Crippen LogP contribution in [0.5, 0.6) is 0 Å². The van der Waals surface area contributed by atoms with E-state index < -0.39 is 10.0 Å². The second kappa shape index (κ2) is 8.08. The first-order valence-electron chi connectivity index (χ1n) is 7.52. The lowest BCUT2D eigenvalue weighted by Crippen LogP contribution is -2.41. The van der Waals surface area contributed by atoms with E-state index in [1.807, 2.05) is 0 Å². The molecule has 0 atom stereocenters. The van der Waals surface area contributed by atoms with Crippen molar-refractivity contribution in [3.8, 4) is 0 Å². The molecule has 1 aromatic carbocycles. The van der Waals surface area contributed by atoms with Crippen molar-refractivity contribution in [2.24, 2.45) is 0 Å². The van der Waals surface area contributed by atoms with E-state index in [1.165, 1.54) is 18.9 Å². The Hall–Kier alpha value is -0.920. The minimum atomic E-state index is -3.69. The summed E-state index contributed by atoms with van der Waals surface area (Å²) < 4.78 is 27.2. The van der Waals surface area contributed by atoms with Crippen molar-refractivity contribution in [1.82, 2.24) is 10.0 Å². The van der Waals surface area contributed by atoms with Crippen molar-refractivity contribution < 1.29 is 13.2 Å². The number of halogens is 1. The van der Waals surface area contributed by atoms with Crippen molar-refractivity contribution in [2.45, 2.75) is 49.5 Å². The van der Waals surface area contributed by atoms with Crippen molar-refractivity contribution in [2.75, 3.05) is 6.54 Å². The first-order chi connectivity index (χ1) is 10.5. The predicted octanol–water partition coefficient (Wildman–Crippen LogP) is 2.57. The molecule has 0 heterocycles.